The summed E-state index contributed by atoms with van der Waals surface area (Å²) in [7, 11) is -3.19. The number of hydrogen-bond donors (Lipinski definition) is 2. The lowest BCUT2D eigenvalue weighted by Gasteiger charge is -2.29. The molecule has 0 spiro atoms. The van der Waals surface area contributed by atoms with E-state index in [4.69, 9.17) is 15.0 Å². The van der Waals surface area contributed by atoms with Crippen molar-refractivity contribution in [3.63, 3.8) is 0 Å². The molecule has 0 aliphatic rings. The number of rotatable bonds is 19. The van der Waals surface area contributed by atoms with E-state index in [2.05, 4.69) is 5.32 Å². The molecule has 0 aliphatic heterocycles. The number of nitrogens with one attached hydrogen (secondary N) is 1. The van der Waals surface area contributed by atoms with Gasteiger partial charge in [-0.3, -0.25) is 14.2 Å². The highest BCUT2D eigenvalue weighted by Crippen LogP contribution is 2.52. The van der Waals surface area contributed by atoms with Crippen molar-refractivity contribution in [3.05, 3.63) is 30.3 Å². The van der Waals surface area contributed by atoms with Crippen LogP contribution >= 0.6 is 7.37 Å². The van der Waals surface area contributed by atoms with Crippen LogP contribution in [0.1, 0.15) is 71.6 Å². The highest BCUT2D eigenvalue weighted by molar-refractivity contribution is 7.60. The molecule has 0 radical (unpaired) electrons. The topological polar surface area (TPSA) is 108 Å². The summed E-state index contributed by atoms with van der Waals surface area (Å²) < 4.78 is 25.1. The molecule has 0 unspecified atom stereocenters. The van der Waals surface area contributed by atoms with Gasteiger partial charge in [0.15, 0.2) is 0 Å². The molecule has 7 nitrogen and oxygen atoms in total. The third-order valence-corrected chi connectivity index (χ3v) is 8.03. The van der Waals surface area contributed by atoms with Gasteiger partial charge in [-0.2, -0.15) is 0 Å². The van der Waals surface area contributed by atoms with Gasteiger partial charge in [0.25, 0.3) is 7.37 Å². The zero-order valence-corrected chi connectivity index (χ0v) is 20.6. The van der Waals surface area contributed by atoms with Crippen LogP contribution in [-0.2, 0) is 18.9 Å². The van der Waals surface area contributed by atoms with E-state index in [0.717, 1.165) is 25.7 Å². The molecular weight excluding hydrogens is 427 g/mol. The number of benzene rings is 1. The molecule has 0 heterocycles. The predicted octanol–water partition coefficient (Wildman–Crippen LogP) is 4.88. The smallest absolute Gasteiger partial charge is 0.269 e. The predicted molar refractivity (Wildman–Crippen MR) is 129 cm³/mol. The van der Waals surface area contributed by atoms with Gasteiger partial charge in [-0.05, 0) is 64.1 Å². The minimum absolute atomic E-state index is 0.0635. The first-order chi connectivity index (χ1) is 15.4. The van der Waals surface area contributed by atoms with Gasteiger partial charge in [-0.1, -0.05) is 25.1 Å². The van der Waals surface area contributed by atoms with Gasteiger partial charge in [0.05, 0.1) is 0 Å². The fourth-order valence-electron chi connectivity index (χ4n) is 3.39. The van der Waals surface area contributed by atoms with Crippen LogP contribution in [-0.4, -0.2) is 43.4 Å². The first-order valence-corrected chi connectivity index (χ1v) is 13.7. The first kappa shape index (κ1) is 28.3. The number of carbonyl (C=O) groups excluding carboxylic acids is 2. The number of amides is 1. The second kappa shape index (κ2) is 16.9. The molecule has 0 aliphatic carbocycles. The lowest BCUT2D eigenvalue weighted by atomic mass is 10.1. The Morgan fingerprint density at radius 1 is 1.03 bits per heavy atom. The quantitative estimate of drug-likeness (QED) is 0.221. The normalized spacial score (nSPS) is 13.8. The zero-order valence-electron chi connectivity index (χ0n) is 19.7. The summed E-state index contributed by atoms with van der Waals surface area (Å²) >= 11 is 0. The Morgan fingerprint density at radius 2 is 1.78 bits per heavy atom. The van der Waals surface area contributed by atoms with E-state index >= 15 is 0 Å². The molecule has 0 saturated heterocycles. The van der Waals surface area contributed by atoms with Crippen LogP contribution in [0.25, 0.3) is 0 Å². The maximum absolute atomic E-state index is 13.8. The molecule has 2 atom stereocenters. The van der Waals surface area contributed by atoms with E-state index in [1.54, 1.807) is 12.1 Å². The maximum Gasteiger partial charge on any atom is 0.269 e. The molecule has 0 saturated carbocycles. The van der Waals surface area contributed by atoms with Gasteiger partial charge >= 0.3 is 0 Å². The van der Waals surface area contributed by atoms with Crippen molar-refractivity contribution < 1.29 is 23.4 Å². The molecule has 1 rings (SSSR count). The number of unbranched alkanes of at least 4 members (excludes halogenated alkanes) is 2. The van der Waals surface area contributed by atoms with Gasteiger partial charge in [0, 0.05) is 38.6 Å². The highest BCUT2D eigenvalue weighted by atomic mass is 31.2. The molecular formula is C24H41N2O5P. The number of carbonyl (C=O) groups is 2. The standard InChI is InChI=1S/C24H41N2O5P/c1-3-20-32(29,31-22-13-6-5-7-14-22)24(15-8-10-18-25)26-23(28)17-16-21(27)12-9-11-19-30-4-2/h5-7,13-14,24H,3-4,8-12,15-20,25H2,1-2H3,(H,26,28)/t24-,32-/m1/s1. The molecule has 0 aromatic heterocycles. The van der Waals surface area contributed by atoms with Crippen LogP contribution in [0.2, 0.25) is 0 Å². The monoisotopic (exact) mass is 468 g/mol. The van der Waals surface area contributed by atoms with Crippen molar-refractivity contribution >= 4 is 19.1 Å². The third kappa shape index (κ3) is 11.8. The number of ether oxygens (including phenoxy) is 1. The van der Waals surface area contributed by atoms with E-state index in [1.807, 2.05) is 32.0 Å². The van der Waals surface area contributed by atoms with Crippen LogP contribution in [0.4, 0.5) is 0 Å². The zero-order chi connectivity index (χ0) is 23.7. The van der Waals surface area contributed by atoms with E-state index in [1.165, 1.54) is 0 Å². The Labute approximate surface area is 193 Å². The molecule has 3 N–H and O–H groups in total. The van der Waals surface area contributed by atoms with E-state index in [-0.39, 0.29) is 24.5 Å². The largest absolute Gasteiger partial charge is 0.441 e. The number of Topliss-reactive ketones (excluding diaryl/α,β-unsaturated/α-hetero) is 1. The molecule has 8 heteroatoms. The summed E-state index contributed by atoms with van der Waals surface area (Å²) in [5.74, 6) is -0.264. The Kier molecular flexibility index (Phi) is 14.9. The van der Waals surface area contributed by atoms with Crippen molar-refractivity contribution in [1.29, 1.82) is 0 Å². The maximum atomic E-state index is 13.8. The number of ketones is 1. The molecule has 0 bridgehead atoms. The molecule has 0 fully saturated rings. The van der Waals surface area contributed by atoms with E-state index < -0.39 is 13.2 Å². The van der Waals surface area contributed by atoms with Crippen LogP contribution in [0.5, 0.6) is 5.75 Å². The SMILES string of the molecule is CCC[P@@](=O)(Oc1ccccc1)[C@H](CCCCN)NC(=O)CCC(=O)CCCCOCC. The highest BCUT2D eigenvalue weighted by Gasteiger charge is 2.35. The second-order valence-electron chi connectivity index (χ2n) is 7.91. The van der Waals surface area contributed by atoms with Gasteiger partial charge < -0.3 is 20.3 Å². The lowest BCUT2D eigenvalue weighted by Crippen LogP contribution is -2.37. The number of nitrogens with two attached hydrogens (primary N) is 1. The summed E-state index contributed by atoms with van der Waals surface area (Å²) in [5, 5.41) is 2.92. The average Bonchev–Trinajstić information content (AvgIpc) is 2.78. The van der Waals surface area contributed by atoms with Crippen LogP contribution in [0, 0.1) is 0 Å². The van der Waals surface area contributed by atoms with Crippen molar-refractivity contribution in [1.82, 2.24) is 5.32 Å². The Bertz CT molecular complexity index is 699. The Hall–Kier alpha value is -1.69. The number of hydrogen-bond acceptors (Lipinski definition) is 6. The summed E-state index contributed by atoms with van der Waals surface area (Å²) in [6.45, 7) is 5.76. The molecule has 1 aromatic carbocycles. The van der Waals surface area contributed by atoms with Crippen LogP contribution in [0.15, 0.2) is 30.3 Å². The van der Waals surface area contributed by atoms with Gasteiger partial charge in [-0.25, -0.2) is 0 Å². The average molecular weight is 469 g/mol. The second-order valence-corrected chi connectivity index (χ2v) is 10.6. The van der Waals surface area contributed by atoms with Crippen molar-refractivity contribution in [2.24, 2.45) is 5.73 Å². The summed E-state index contributed by atoms with van der Waals surface area (Å²) in [5.41, 5.74) is 5.62. The minimum Gasteiger partial charge on any atom is -0.441 e. The van der Waals surface area contributed by atoms with Crippen molar-refractivity contribution in [2.45, 2.75) is 77.4 Å². The van der Waals surface area contributed by atoms with Crippen LogP contribution in [0.3, 0.4) is 0 Å². The first-order valence-electron chi connectivity index (χ1n) is 11.9. The fraction of sp³-hybridized carbons (Fsp3) is 0.667. The number of para-hydroxylation sites is 1. The third-order valence-electron chi connectivity index (χ3n) is 5.10. The molecule has 182 valence electrons. The van der Waals surface area contributed by atoms with Gasteiger partial charge in [0.1, 0.15) is 17.3 Å². The van der Waals surface area contributed by atoms with E-state index in [9.17, 15) is 14.2 Å². The summed E-state index contributed by atoms with van der Waals surface area (Å²) in [4.78, 5) is 24.7. The van der Waals surface area contributed by atoms with Gasteiger partial charge in [0.2, 0.25) is 5.91 Å². The van der Waals surface area contributed by atoms with Gasteiger partial charge in [-0.15, -0.1) is 0 Å². The summed E-state index contributed by atoms with van der Waals surface area (Å²) in [6.07, 6.45) is 5.43. The van der Waals surface area contributed by atoms with Crippen LogP contribution < -0.4 is 15.6 Å². The lowest BCUT2D eigenvalue weighted by molar-refractivity contribution is -0.125. The van der Waals surface area contributed by atoms with E-state index in [0.29, 0.717) is 50.9 Å². The van der Waals surface area contributed by atoms with Crippen molar-refractivity contribution in [3.8, 4) is 5.75 Å². The molecule has 1 amide bonds. The summed E-state index contributed by atoms with van der Waals surface area (Å²) in [6, 6.07) is 9.06. The molecule has 32 heavy (non-hydrogen) atoms. The minimum atomic E-state index is -3.19. The Balaban J connectivity index is 2.69. The van der Waals surface area contributed by atoms with Crippen molar-refractivity contribution in [2.75, 3.05) is 25.9 Å². The fourth-order valence-corrected chi connectivity index (χ4v) is 5.94. The Morgan fingerprint density at radius 3 is 2.44 bits per heavy atom. The molecule has 1 aromatic rings.